The summed E-state index contributed by atoms with van der Waals surface area (Å²) in [5, 5.41) is 0. The molecule has 5 rings (SSSR count). The number of piperidine rings is 1. The Labute approximate surface area is 197 Å². The molecule has 3 aliphatic rings. The highest BCUT2D eigenvalue weighted by Crippen LogP contribution is 2.42. The first-order valence-electron chi connectivity index (χ1n) is 11.9. The molecule has 0 aliphatic carbocycles. The highest BCUT2D eigenvalue weighted by molar-refractivity contribution is 7.89. The van der Waals surface area contributed by atoms with E-state index < -0.39 is 15.4 Å². The lowest BCUT2D eigenvalue weighted by atomic mass is 9.86. The quantitative estimate of drug-likeness (QED) is 0.692. The fourth-order valence-electron chi connectivity index (χ4n) is 5.73. The van der Waals surface area contributed by atoms with E-state index in [4.69, 9.17) is 0 Å². The lowest BCUT2D eigenvalue weighted by molar-refractivity contribution is -0.121. The Morgan fingerprint density at radius 3 is 2.61 bits per heavy atom. The minimum Gasteiger partial charge on any atom is -0.314 e. The number of likely N-dealkylation sites (N-methyl/N-ethyl adjacent to an activating group) is 1. The third kappa shape index (κ3) is 3.90. The minimum atomic E-state index is -3.61. The van der Waals surface area contributed by atoms with Crippen LogP contribution in [-0.4, -0.2) is 56.8 Å². The Kier molecular flexibility index (Phi) is 5.62. The Hall–Kier alpha value is -2.22. The van der Waals surface area contributed by atoms with Crippen LogP contribution < -0.4 is 4.90 Å². The predicted octanol–water partition coefficient (Wildman–Crippen LogP) is 3.40. The van der Waals surface area contributed by atoms with Crippen molar-refractivity contribution in [1.82, 2.24) is 9.21 Å². The summed E-state index contributed by atoms with van der Waals surface area (Å²) in [4.78, 5) is 17.0. The van der Waals surface area contributed by atoms with Gasteiger partial charge in [0, 0.05) is 45.5 Å². The number of fused-ring (bicyclic) bond motifs is 2. The van der Waals surface area contributed by atoms with E-state index in [1.807, 2.05) is 13.8 Å². The molecule has 1 fully saturated rings. The van der Waals surface area contributed by atoms with Crippen LogP contribution in [0.4, 0.5) is 5.69 Å². The minimum absolute atomic E-state index is 0.00631. The molecule has 0 radical (unpaired) electrons. The van der Waals surface area contributed by atoms with Gasteiger partial charge in [0.2, 0.25) is 15.9 Å². The van der Waals surface area contributed by atoms with Crippen LogP contribution in [0.15, 0.2) is 47.4 Å². The zero-order chi connectivity index (χ0) is 23.4. The van der Waals surface area contributed by atoms with E-state index >= 15 is 0 Å². The number of hydrogen-bond donors (Lipinski definition) is 0. The molecule has 33 heavy (non-hydrogen) atoms. The van der Waals surface area contributed by atoms with Crippen molar-refractivity contribution in [3.05, 3.63) is 59.2 Å². The molecule has 2 aromatic rings. The summed E-state index contributed by atoms with van der Waals surface area (Å²) in [6, 6.07) is 13.8. The Balaban J connectivity index is 1.32. The number of hydrogen-bond acceptors (Lipinski definition) is 4. The van der Waals surface area contributed by atoms with Crippen molar-refractivity contribution in [2.45, 2.75) is 50.0 Å². The summed E-state index contributed by atoms with van der Waals surface area (Å²) in [7, 11) is -1.86. The molecule has 176 valence electrons. The van der Waals surface area contributed by atoms with Gasteiger partial charge in [0.1, 0.15) is 0 Å². The summed E-state index contributed by atoms with van der Waals surface area (Å²) < 4.78 is 28.8. The largest absolute Gasteiger partial charge is 0.314 e. The maximum Gasteiger partial charge on any atom is 0.243 e. The number of benzene rings is 2. The molecule has 1 saturated heterocycles. The number of carbonyl (C=O) groups excluding carboxylic acids is 1. The lowest BCUT2D eigenvalue weighted by Crippen LogP contribution is -2.44. The van der Waals surface area contributed by atoms with Gasteiger partial charge in [-0.25, -0.2) is 8.42 Å². The Morgan fingerprint density at radius 2 is 1.82 bits per heavy atom. The van der Waals surface area contributed by atoms with E-state index in [-0.39, 0.29) is 5.91 Å². The molecule has 1 atom stereocenters. The van der Waals surface area contributed by atoms with E-state index in [1.165, 1.54) is 11.1 Å². The standard InChI is InChI=1S/C26H33N3O3S/c1-26(2)23-15-22(10-11-24(23)27(3)25(26)30)33(31,32)29-13-6-7-19(17-29)16-28-14-12-20-8-4-5-9-21(20)18-28/h4-5,8-11,15,19H,6-7,12-14,16-18H2,1-3H3/t19-/m0/s1. The molecule has 0 saturated carbocycles. The number of carbonyl (C=O) groups is 1. The van der Waals surface area contributed by atoms with Gasteiger partial charge < -0.3 is 4.90 Å². The van der Waals surface area contributed by atoms with Crippen LogP contribution >= 0.6 is 0 Å². The topological polar surface area (TPSA) is 60.9 Å². The number of amides is 1. The zero-order valence-corrected chi connectivity index (χ0v) is 20.6. The lowest BCUT2D eigenvalue weighted by Gasteiger charge is -2.36. The maximum atomic E-state index is 13.6. The second kappa shape index (κ2) is 8.22. The molecule has 6 nitrogen and oxygen atoms in total. The van der Waals surface area contributed by atoms with Crippen molar-refractivity contribution in [2.24, 2.45) is 5.92 Å². The molecule has 7 heteroatoms. The molecular weight excluding hydrogens is 434 g/mol. The van der Waals surface area contributed by atoms with E-state index in [0.717, 1.165) is 50.1 Å². The van der Waals surface area contributed by atoms with Crippen LogP contribution in [0.1, 0.15) is 43.4 Å². The molecule has 0 bridgehead atoms. The van der Waals surface area contributed by atoms with E-state index in [1.54, 1.807) is 34.5 Å². The molecule has 0 N–H and O–H groups in total. The van der Waals surface area contributed by atoms with E-state index in [0.29, 0.717) is 23.9 Å². The van der Waals surface area contributed by atoms with Gasteiger partial charge in [-0.15, -0.1) is 0 Å². The van der Waals surface area contributed by atoms with Crippen molar-refractivity contribution >= 4 is 21.6 Å². The van der Waals surface area contributed by atoms with Crippen LogP contribution in [0.25, 0.3) is 0 Å². The molecule has 0 unspecified atom stereocenters. The normalized spacial score (nSPS) is 23.4. The van der Waals surface area contributed by atoms with Gasteiger partial charge in [-0.1, -0.05) is 24.3 Å². The molecule has 3 aliphatic heterocycles. The maximum absolute atomic E-state index is 13.6. The average molecular weight is 468 g/mol. The second-order valence-corrected chi connectivity index (χ2v) is 12.2. The Morgan fingerprint density at radius 1 is 1.06 bits per heavy atom. The van der Waals surface area contributed by atoms with Crippen LogP contribution in [0.2, 0.25) is 0 Å². The molecular formula is C26H33N3O3S. The fraction of sp³-hybridized carbons (Fsp3) is 0.500. The van der Waals surface area contributed by atoms with Crippen LogP contribution in [0.5, 0.6) is 0 Å². The van der Waals surface area contributed by atoms with Crippen molar-refractivity contribution in [3.63, 3.8) is 0 Å². The summed E-state index contributed by atoms with van der Waals surface area (Å²) in [6.45, 7) is 7.74. The van der Waals surface area contributed by atoms with Gasteiger partial charge in [0.05, 0.1) is 10.3 Å². The molecule has 3 heterocycles. The van der Waals surface area contributed by atoms with Gasteiger partial charge in [-0.2, -0.15) is 4.31 Å². The SMILES string of the molecule is CN1C(=O)C(C)(C)c2cc(S(=O)(=O)N3CCC[C@@H](CN4CCc5ccccc5C4)C3)ccc21. The first kappa shape index (κ1) is 22.6. The zero-order valence-electron chi connectivity index (χ0n) is 19.8. The van der Waals surface area contributed by atoms with Gasteiger partial charge in [-0.05, 0) is 73.9 Å². The molecule has 2 aromatic carbocycles. The number of anilines is 1. The fourth-order valence-corrected chi connectivity index (χ4v) is 7.31. The highest BCUT2D eigenvalue weighted by atomic mass is 32.2. The summed E-state index contributed by atoms with van der Waals surface area (Å²) in [5.74, 6) is 0.325. The summed E-state index contributed by atoms with van der Waals surface area (Å²) in [5.41, 5.74) is 3.70. The average Bonchev–Trinajstić information content (AvgIpc) is 2.99. The van der Waals surface area contributed by atoms with Crippen LogP contribution in [0, 0.1) is 5.92 Å². The van der Waals surface area contributed by atoms with E-state index in [9.17, 15) is 13.2 Å². The third-order valence-electron chi connectivity index (χ3n) is 7.69. The summed E-state index contributed by atoms with van der Waals surface area (Å²) >= 11 is 0. The van der Waals surface area contributed by atoms with Gasteiger partial charge in [0.25, 0.3) is 0 Å². The number of rotatable bonds is 4. The first-order chi connectivity index (χ1) is 15.7. The van der Waals surface area contributed by atoms with Crippen molar-refractivity contribution in [3.8, 4) is 0 Å². The van der Waals surface area contributed by atoms with Gasteiger partial charge >= 0.3 is 0 Å². The smallest absolute Gasteiger partial charge is 0.243 e. The molecule has 0 spiro atoms. The Bertz CT molecular complexity index is 1190. The van der Waals surface area contributed by atoms with Crippen molar-refractivity contribution in [1.29, 1.82) is 0 Å². The first-order valence-corrected chi connectivity index (χ1v) is 13.3. The van der Waals surface area contributed by atoms with Crippen LogP contribution in [-0.2, 0) is 33.2 Å². The highest BCUT2D eigenvalue weighted by Gasteiger charge is 2.43. The number of sulfonamides is 1. The number of nitrogens with zero attached hydrogens (tertiary/aromatic N) is 3. The summed E-state index contributed by atoms with van der Waals surface area (Å²) in [6.07, 6.45) is 3.00. The molecule has 0 aromatic heterocycles. The van der Waals surface area contributed by atoms with Crippen molar-refractivity contribution < 1.29 is 13.2 Å². The third-order valence-corrected chi connectivity index (χ3v) is 9.55. The molecule has 1 amide bonds. The van der Waals surface area contributed by atoms with Gasteiger partial charge in [0.15, 0.2) is 0 Å². The van der Waals surface area contributed by atoms with Crippen molar-refractivity contribution in [2.75, 3.05) is 38.1 Å². The van der Waals surface area contributed by atoms with E-state index in [2.05, 4.69) is 29.2 Å². The van der Waals surface area contributed by atoms with Crippen LogP contribution in [0.3, 0.4) is 0 Å². The predicted molar refractivity (Wildman–Crippen MR) is 130 cm³/mol. The second-order valence-electron chi connectivity index (χ2n) is 10.3. The monoisotopic (exact) mass is 467 g/mol. The van der Waals surface area contributed by atoms with Gasteiger partial charge in [-0.3, -0.25) is 9.69 Å².